The summed E-state index contributed by atoms with van der Waals surface area (Å²) >= 11 is 6.51. The molecule has 5 heterocycles. The molecule has 4 aromatic rings. The molecule has 0 fully saturated rings. The molecule has 1 amide bonds. The number of methoxy groups -OCH3 is 1. The quantitative estimate of drug-likeness (QED) is 0.248. The smallest absolute Gasteiger partial charge is 0.410 e. The first-order valence-corrected chi connectivity index (χ1v) is 14.2. The number of aromatic nitrogens is 5. The summed E-state index contributed by atoms with van der Waals surface area (Å²) in [6.07, 6.45) is 4.99. The summed E-state index contributed by atoms with van der Waals surface area (Å²) in [5.74, 6) is 0.214. The van der Waals surface area contributed by atoms with Crippen molar-refractivity contribution in [1.29, 1.82) is 0 Å². The largest absolute Gasteiger partial charge is 0.482 e. The van der Waals surface area contributed by atoms with Crippen LogP contribution in [0.2, 0.25) is 5.02 Å². The Balaban J connectivity index is 1.51. The maximum absolute atomic E-state index is 13.3. The van der Waals surface area contributed by atoms with Gasteiger partial charge in [0, 0.05) is 29.9 Å². The number of nitrogens with zero attached hydrogens (tertiary/aromatic N) is 6. The lowest BCUT2D eigenvalue weighted by atomic mass is 10.0. The van der Waals surface area contributed by atoms with E-state index in [2.05, 4.69) is 10.1 Å². The SMILES string of the molecule is COC(=O)CC[C@H]1Cn2nc(-c3cc(O[C@H](C)c4ccccn4)c4c(Cl)cnn4c3)c(C)c2CN1C(=O)OC(C)(C)C. The van der Waals surface area contributed by atoms with Gasteiger partial charge in [-0.1, -0.05) is 17.7 Å². The second-order valence-electron chi connectivity index (χ2n) is 11.4. The lowest BCUT2D eigenvalue weighted by Crippen LogP contribution is -2.48. The van der Waals surface area contributed by atoms with E-state index in [4.69, 9.17) is 30.9 Å². The van der Waals surface area contributed by atoms with Crippen LogP contribution in [0.25, 0.3) is 16.8 Å². The van der Waals surface area contributed by atoms with Crippen molar-refractivity contribution < 1.29 is 23.8 Å². The number of halogens is 1. The molecule has 0 spiro atoms. The van der Waals surface area contributed by atoms with E-state index < -0.39 is 11.7 Å². The molecule has 0 aromatic carbocycles. The van der Waals surface area contributed by atoms with Crippen LogP contribution in [-0.4, -0.2) is 60.1 Å². The Hall–Kier alpha value is -4.12. The van der Waals surface area contributed by atoms with Crippen LogP contribution in [0.4, 0.5) is 4.79 Å². The second-order valence-corrected chi connectivity index (χ2v) is 11.8. The van der Waals surface area contributed by atoms with Gasteiger partial charge in [-0.3, -0.25) is 19.4 Å². The Morgan fingerprint density at radius 1 is 1.24 bits per heavy atom. The maximum Gasteiger partial charge on any atom is 0.410 e. The number of carbonyl (C=O) groups excluding carboxylic acids is 2. The number of fused-ring (bicyclic) bond motifs is 2. The van der Waals surface area contributed by atoms with Crippen molar-refractivity contribution in [3.8, 4) is 17.0 Å². The predicted molar refractivity (Wildman–Crippen MR) is 156 cm³/mol. The van der Waals surface area contributed by atoms with Gasteiger partial charge in [0.2, 0.25) is 0 Å². The minimum absolute atomic E-state index is 0.175. The zero-order chi connectivity index (χ0) is 30.2. The predicted octanol–water partition coefficient (Wildman–Crippen LogP) is 5.77. The molecule has 4 aromatic heterocycles. The lowest BCUT2D eigenvalue weighted by molar-refractivity contribution is -0.141. The van der Waals surface area contributed by atoms with Crippen LogP contribution in [0, 0.1) is 6.92 Å². The van der Waals surface area contributed by atoms with Crippen molar-refractivity contribution in [2.45, 2.75) is 78.3 Å². The summed E-state index contributed by atoms with van der Waals surface area (Å²) in [5.41, 5.74) is 4.07. The number of hydrogen-bond donors (Lipinski definition) is 0. The fourth-order valence-electron chi connectivity index (χ4n) is 5.10. The number of ether oxygens (including phenoxy) is 3. The highest BCUT2D eigenvalue weighted by Crippen LogP contribution is 2.37. The van der Waals surface area contributed by atoms with Crippen molar-refractivity contribution >= 4 is 29.2 Å². The summed E-state index contributed by atoms with van der Waals surface area (Å²) in [6.45, 7) is 10.1. The highest BCUT2D eigenvalue weighted by Gasteiger charge is 2.35. The summed E-state index contributed by atoms with van der Waals surface area (Å²) in [6, 6.07) is 7.28. The van der Waals surface area contributed by atoms with Crippen LogP contribution < -0.4 is 4.74 Å². The average Bonchev–Trinajstić information content (AvgIpc) is 3.49. The molecule has 0 saturated heterocycles. The Morgan fingerprint density at radius 2 is 2.02 bits per heavy atom. The van der Waals surface area contributed by atoms with E-state index in [1.54, 1.807) is 21.8 Å². The molecule has 0 bridgehead atoms. The van der Waals surface area contributed by atoms with E-state index in [9.17, 15) is 9.59 Å². The molecule has 5 rings (SSSR count). The van der Waals surface area contributed by atoms with Crippen LogP contribution in [-0.2, 0) is 27.4 Å². The molecule has 0 unspecified atom stereocenters. The lowest BCUT2D eigenvalue weighted by Gasteiger charge is -2.37. The molecule has 1 aliphatic rings. The fraction of sp³-hybridized carbons (Fsp3) is 0.433. The highest BCUT2D eigenvalue weighted by molar-refractivity contribution is 6.34. The average molecular weight is 595 g/mol. The van der Waals surface area contributed by atoms with Gasteiger partial charge in [-0.2, -0.15) is 10.2 Å². The van der Waals surface area contributed by atoms with Crippen molar-refractivity contribution in [2.24, 2.45) is 0 Å². The van der Waals surface area contributed by atoms with E-state index >= 15 is 0 Å². The number of amides is 1. The summed E-state index contributed by atoms with van der Waals surface area (Å²) in [5, 5.41) is 9.85. The van der Waals surface area contributed by atoms with Gasteiger partial charge >= 0.3 is 12.1 Å². The minimum atomic E-state index is -0.662. The van der Waals surface area contributed by atoms with Crippen LogP contribution >= 0.6 is 11.6 Å². The molecular formula is C30H35ClN6O5. The minimum Gasteiger partial charge on any atom is -0.482 e. The van der Waals surface area contributed by atoms with Gasteiger partial charge in [0.05, 0.1) is 54.5 Å². The zero-order valence-corrected chi connectivity index (χ0v) is 25.4. The summed E-state index contributed by atoms with van der Waals surface area (Å²) < 4.78 is 20.5. The molecule has 222 valence electrons. The van der Waals surface area contributed by atoms with Gasteiger partial charge in [0.1, 0.15) is 23.0 Å². The monoisotopic (exact) mass is 594 g/mol. The third-order valence-electron chi connectivity index (χ3n) is 7.22. The summed E-state index contributed by atoms with van der Waals surface area (Å²) in [7, 11) is 1.36. The van der Waals surface area contributed by atoms with Crippen molar-refractivity contribution in [3.63, 3.8) is 0 Å². The van der Waals surface area contributed by atoms with Crippen LogP contribution in [0.5, 0.6) is 5.75 Å². The third-order valence-corrected chi connectivity index (χ3v) is 7.49. The molecule has 0 aliphatic carbocycles. The Kier molecular flexibility index (Phi) is 8.14. The van der Waals surface area contributed by atoms with Gasteiger partial charge in [-0.25, -0.2) is 9.31 Å². The molecule has 0 radical (unpaired) electrons. The van der Waals surface area contributed by atoms with Crippen molar-refractivity contribution in [2.75, 3.05) is 7.11 Å². The van der Waals surface area contributed by atoms with Crippen LogP contribution in [0.1, 0.15) is 63.6 Å². The van der Waals surface area contributed by atoms with Crippen LogP contribution in [0.15, 0.2) is 42.9 Å². The maximum atomic E-state index is 13.3. The number of pyridine rings is 2. The first-order valence-electron chi connectivity index (χ1n) is 13.8. The fourth-order valence-corrected chi connectivity index (χ4v) is 5.33. The Morgan fingerprint density at radius 3 is 2.71 bits per heavy atom. The third kappa shape index (κ3) is 6.06. The Labute approximate surface area is 249 Å². The van der Waals surface area contributed by atoms with E-state index in [-0.39, 0.29) is 31.1 Å². The van der Waals surface area contributed by atoms with Gasteiger partial charge in [-0.15, -0.1) is 0 Å². The van der Waals surface area contributed by atoms with E-state index in [1.807, 2.05) is 69.8 Å². The van der Waals surface area contributed by atoms with E-state index in [0.717, 1.165) is 28.2 Å². The zero-order valence-electron chi connectivity index (χ0n) is 24.6. The van der Waals surface area contributed by atoms with Gasteiger partial charge in [0.25, 0.3) is 0 Å². The van der Waals surface area contributed by atoms with Crippen LogP contribution in [0.3, 0.4) is 0 Å². The van der Waals surface area contributed by atoms with Gasteiger partial charge < -0.3 is 14.2 Å². The first-order chi connectivity index (χ1) is 19.9. The number of rotatable bonds is 7. The molecule has 1 aliphatic heterocycles. The molecule has 0 N–H and O–H groups in total. The number of hydrogen-bond acceptors (Lipinski definition) is 8. The number of carbonyl (C=O) groups is 2. The van der Waals surface area contributed by atoms with Gasteiger partial charge in [-0.05, 0) is 59.2 Å². The molecule has 12 heteroatoms. The summed E-state index contributed by atoms with van der Waals surface area (Å²) in [4.78, 5) is 31.3. The van der Waals surface area contributed by atoms with E-state index in [0.29, 0.717) is 29.3 Å². The molecule has 2 atom stereocenters. The van der Waals surface area contributed by atoms with Crippen molar-refractivity contribution in [3.05, 3.63) is 64.8 Å². The highest BCUT2D eigenvalue weighted by atomic mass is 35.5. The van der Waals surface area contributed by atoms with E-state index in [1.165, 1.54) is 7.11 Å². The Bertz CT molecular complexity index is 1610. The number of esters is 1. The molecule has 42 heavy (non-hydrogen) atoms. The first kappa shape index (κ1) is 29.4. The molecular weight excluding hydrogens is 560 g/mol. The topological polar surface area (TPSA) is 113 Å². The normalized spacial score (nSPS) is 15.8. The van der Waals surface area contributed by atoms with Gasteiger partial charge in [0.15, 0.2) is 0 Å². The van der Waals surface area contributed by atoms with Crippen molar-refractivity contribution in [1.82, 2.24) is 29.3 Å². The standard InChI is InChI=1S/C30H35ClN6O5/c1-18-24-17-35(29(39)42-30(3,4)5)21(10-11-26(38)40-6)16-36(24)34-27(18)20-13-25(28-22(31)14-33-37(28)15-20)41-19(2)23-9-7-8-12-32-23/h7-9,12-15,19,21H,10-11,16-17H2,1-6H3/t19-,21+/m1/s1. The molecule has 0 saturated carbocycles. The second kappa shape index (κ2) is 11.6. The molecule has 11 nitrogen and oxygen atoms in total.